The molecule has 0 bridgehead atoms. The molecule has 0 aliphatic carbocycles. The van der Waals surface area contributed by atoms with Gasteiger partial charge in [0.2, 0.25) is 5.91 Å². The second kappa shape index (κ2) is 7.28. The molecule has 0 saturated heterocycles. The van der Waals surface area contributed by atoms with Crippen molar-refractivity contribution in [1.82, 2.24) is 19.7 Å². The number of ether oxygens (including phenoxy) is 1. The van der Waals surface area contributed by atoms with E-state index < -0.39 is 0 Å². The molecule has 2 aromatic heterocycles. The summed E-state index contributed by atoms with van der Waals surface area (Å²) in [7, 11) is 0. The highest BCUT2D eigenvalue weighted by atomic mass is 32.1. The molecule has 0 aromatic carbocycles. The Morgan fingerprint density at radius 1 is 1.55 bits per heavy atom. The lowest BCUT2D eigenvalue weighted by atomic mass is 10.3. The Balaban J connectivity index is 1.88. The first-order valence-corrected chi connectivity index (χ1v) is 7.18. The number of hydrogen-bond donors (Lipinski definition) is 1. The number of thiazole rings is 1. The van der Waals surface area contributed by atoms with Gasteiger partial charge in [0.05, 0.1) is 18.7 Å². The monoisotopic (exact) mass is 320 g/mol. The van der Waals surface area contributed by atoms with E-state index in [1.54, 1.807) is 18.4 Å². The van der Waals surface area contributed by atoms with Crippen LogP contribution in [0.15, 0.2) is 11.7 Å². The van der Waals surface area contributed by atoms with Crippen LogP contribution in [-0.2, 0) is 27.3 Å². The van der Waals surface area contributed by atoms with Crippen LogP contribution >= 0.6 is 11.3 Å². The SMILES string of the molecule is CCOC(=O)Cc1csc(NC(=O)Cn2cnc(C#N)n2)n1. The van der Waals surface area contributed by atoms with E-state index in [2.05, 4.69) is 20.4 Å². The molecule has 0 aliphatic heterocycles. The quantitative estimate of drug-likeness (QED) is 0.762. The van der Waals surface area contributed by atoms with Gasteiger partial charge in [0.1, 0.15) is 18.9 Å². The van der Waals surface area contributed by atoms with Crippen LogP contribution in [0.3, 0.4) is 0 Å². The normalized spacial score (nSPS) is 10.0. The minimum atomic E-state index is -0.364. The van der Waals surface area contributed by atoms with Gasteiger partial charge in [0.25, 0.3) is 5.82 Å². The van der Waals surface area contributed by atoms with Gasteiger partial charge in [-0.2, -0.15) is 5.26 Å². The van der Waals surface area contributed by atoms with E-state index in [1.165, 1.54) is 22.3 Å². The summed E-state index contributed by atoms with van der Waals surface area (Å²) in [5.41, 5.74) is 0.534. The Labute approximate surface area is 129 Å². The van der Waals surface area contributed by atoms with Crippen molar-refractivity contribution in [2.75, 3.05) is 11.9 Å². The molecule has 22 heavy (non-hydrogen) atoms. The molecule has 0 fully saturated rings. The molecule has 0 aliphatic rings. The van der Waals surface area contributed by atoms with Crippen molar-refractivity contribution in [3.63, 3.8) is 0 Å². The van der Waals surface area contributed by atoms with E-state index in [4.69, 9.17) is 10.00 Å². The Morgan fingerprint density at radius 3 is 3.05 bits per heavy atom. The predicted molar refractivity (Wildman–Crippen MR) is 75.8 cm³/mol. The van der Waals surface area contributed by atoms with Crippen molar-refractivity contribution in [3.8, 4) is 6.07 Å². The van der Waals surface area contributed by atoms with Crippen LogP contribution in [0.5, 0.6) is 0 Å². The number of anilines is 1. The van der Waals surface area contributed by atoms with Gasteiger partial charge in [-0.05, 0) is 6.92 Å². The molecule has 10 heteroatoms. The summed E-state index contributed by atoms with van der Waals surface area (Å²) >= 11 is 1.21. The molecular formula is C12H12N6O3S. The highest BCUT2D eigenvalue weighted by Gasteiger charge is 2.11. The van der Waals surface area contributed by atoms with Crippen LogP contribution in [0.2, 0.25) is 0 Å². The van der Waals surface area contributed by atoms with Gasteiger partial charge >= 0.3 is 5.97 Å². The average Bonchev–Trinajstić information content (AvgIpc) is 3.08. The smallest absolute Gasteiger partial charge is 0.311 e. The molecule has 1 amide bonds. The molecule has 114 valence electrons. The van der Waals surface area contributed by atoms with Crippen LogP contribution in [0.25, 0.3) is 0 Å². The first kappa shape index (κ1) is 15.6. The molecule has 0 atom stereocenters. The van der Waals surface area contributed by atoms with E-state index in [-0.39, 0.29) is 30.7 Å². The lowest BCUT2D eigenvalue weighted by Crippen LogP contribution is -2.19. The molecule has 2 heterocycles. The number of amides is 1. The lowest BCUT2D eigenvalue weighted by Gasteiger charge is -2.01. The molecule has 1 N–H and O–H groups in total. The second-order valence-corrected chi connectivity index (χ2v) is 4.91. The maximum absolute atomic E-state index is 11.8. The van der Waals surface area contributed by atoms with Crippen molar-refractivity contribution in [2.24, 2.45) is 0 Å². The van der Waals surface area contributed by atoms with E-state index >= 15 is 0 Å². The molecular weight excluding hydrogens is 308 g/mol. The first-order chi connectivity index (χ1) is 10.6. The number of hydrogen-bond acceptors (Lipinski definition) is 8. The molecule has 2 aromatic rings. The summed E-state index contributed by atoms with van der Waals surface area (Å²) in [4.78, 5) is 31.0. The van der Waals surface area contributed by atoms with Gasteiger partial charge < -0.3 is 10.1 Å². The number of nitriles is 1. The maximum atomic E-state index is 11.8. The van der Waals surface area contributed by atoms with Gasteiger partial charge in [0, 0.05) is 5.38 Å². The van der Waals surface area contributed by atoms with Crippen molar-refractivity contribution in [1.29, 1.82) is 5.26 Å². The topological polar surface area (TPSA) is 123 Å². The number of rotatable bonds is 6. The first-order valence-electron chi connectivity index (χ1n) is 6.30. The minimum Gasteiger partial charge on any atom is -0.466 e. The summed E-state index contributed by atoms with van der Waals surface area (Å²) < 4.78 is 6.07. The number of aromatic nitrogens is 4. The van der Waals surface area contributed by atoms with Crippen molar-refractivity contribution in [2.45, 2.75) is 19.9 Å². The molecule has 0 spiro atoms. The Bertz CT molecular complexity index is 717. The molecule has 2 rings (SSSR count). The van der Waals surface area contributed by atoms with Crippen LogP contribution in [-0.4, -0.2) is 38.2 Å². The Hall–Kier alpha value is -2.80. The van der Waals surface area contributed by atoms with Crippen LogP contribution in [0, 0.1) is 11.3 Å². The van der Waals surface area contributed by atoms with Gasteiger partial charge in [-0.15, -0.1) is 16.4 Å². The van der Waals surface area contributed by atoms with Crippen LogP contribution in [0.4, 0.5) is 5.13 Å². The standard InChI is InChI=1S/C12H12N6O3S/c1-2-21-11(20)3-8-6-22-12(15-8)16-10(19)5-18-7-14-9(4-13)17-18/h6-7H,2-3,5H2,1H3,(H,15,16,19). The zero-order valence-corrected chi connectivity index (χ0v) is 12.5. The largest absolute Gasteiger partial charge is 0.466 e. The van der Waals surface area contributed by atoms with Gasteiger partial charge in [0.15, 0.2) is 5.13 Å². The van der Waals surface area contributed by atoms with Gasteiger partial charge in [-0.3, -0.25) is 9.59 Å². The number of esters is 1. The third-order valence-corrected chi connectivity index (χ3v) is 3.18. The van der Waals surface area contributed by atoms with Crippen molar-refractivity contribution in [3.05, 3.63) is 23.2 Å². The van der Waals surface area contributed by atoms with E-state index in [0.29, 0.717) is 17.4 Å². The fraction of sp³-hybridized carbons (Fsp3) is 0.333. The average molecular weight is 320 g/mol. The van der Waals surface area contributed by atoms with Crippen LogP contribution in [0.1, 0.15) is 18.4 Å². The Kier molecular flexibility index (Phi) is 5.16. The van der Waals surface area contributed by atoms with Gasteiger partial charge in [-0.25, -0.2) is 14.6 Å². The van der Waals surface area contributed by atoms with Crippen LogP contribution < -0.4 is 5.32 Å². The Morgan fingerprint density at radius 2 is 2.36 bits per heavy atom. The zero-order valence-electron chi connectivity index (χ0n) is 11.6. The summed E-state index contributed by atoms with van der Waals surface area (Å²) in [5.74, 6) is -0.720. The minimum absolute atomic E-state index is 0.00114. The highest BCUT2D eigenvalue weighted by molar-refractivity contribution is 7.13. The van der Waals surface area contributed by atoms with E-state index in [1.807, 2.05) is 0 Å². The number of nitrogens with zero attached hydrogens (tertiary/aromatic N) is 5. The third kappa shape index (κ3) is 4.35. The number of carbonyl (C=O) groups excluding carboxylic acids is 2. The molecule has 9 nitrogen and oxygen atoms in total. The summed E-state index contributed by atoms with van der Waals surface area (Å²) in [6, 6.07) is 1.77. The lowest BCUT2D eigenvalue weighted by molar-refractivity contribution is -0.142. The van der Waals surface area contributed by atoms with Crippen molar-refractivity contribution < 1.29 is 14.3 Å². The number of nitrogens with one attached hydrogen (secondary N) is 1. The molecule has 0 saturated carbocycles. The highest BCUT2D eigenvalue weighted by Crippen LogP contribution is 2.16. The summed E-state index contributed by atoms with van der Waals surface area (Å²) in [6.07, 6.45) is 1.36. The second-order valence-electron chi connectivity index (χ2n) is 4.05. The van der Waals surface area contributed by atoms with E-state index in [0.717, 1.165) is 0 Å². The maximum Gasteiger partial charge on any atom is 0.311 e. The summed E-state index contributed by atoms with van der Waals surface area (Å²) in [6.45, 7) is 1.96. The van der Waals surface area contributed by atoms with E-state index in [9.17, 15) is 9.59 Å². The zero-order chi connectivity index (χ0) is 15.9. The molecule has 0 unspecified atom stereocenters. The predicted octanol–water partition coefficient (Wildman–Crippen LogP) is 0.351. The third-order valence-electron chi connectivity index (χ3n) is 2.37. The fourth-order valence-corrected chi connectivity index (χ4v) is 2.26. The number of carbonyl (C=O) groups is 2. The van der Waals surface area contributed by atoms with Crippen molar-refractivity contribution >= 4 is 28.3 Å². The molecule has 0 radical (unpaired) electrons. The van der Waals surface area contributed by atoms with Gasteiger partial charge in [-0.1, -0.05) is 0 Å². The summed E-state index contributed by atoms with van der Waals surface area (Å²) in [5, 5.41) is 17.0. The fourth-order valence-electron chi connectivity index (χ4n) is 1.53.